The lowest BCUT2D eigenvalue weighted by atomic mass is 9.83. The molecule has 0 amide bonds. The van der Waals surface area contributed by atoms with E-state index in [-0.39, 0.29) is 0 Å². The fraction of sp³-hybridized carbons (Fsp3) is 0.778. The Balaban J connectivity index is 2.27. The van der Waals surface area contributed by atoms with Gasteiger partial charge in [-0.1, -0.05) is 11.6 Å². The molecule has 1 saturated carbocycles. The van der Waals surface area contributed by atoms with E-state index in [2.05, 4.69) is 6.08 Å². The van der Waals surface area contributed by atoms with Crippen LogP contribution in [0.1, 0.15) is 19.3 Å². The lowest BCUT2D eigenvalue weighted by molar-refractivity contribution is 0.433. The van der Waals surface area contributed by atoms with Gasteiger partial charge in [0.05, 0.1) is 0 Å². The van der Waals surface area contributed by atoms with E-state index >= 15 is 0 Å². The number of hydrogen-bond donors (Lipinski definition) is 0. The van der Waals surface area contributed by atoms with Crippen molar-refractivity contribution in [3.8, 4) is 0 Å². The standard InChI is InChI=1S/C9H12Cl2/c10-5-8-3-7-1-2-9(8,4-7)6-11/h3,7H,1-2,4-6H2. The van der Waals surface area contributed by atoms with Gasteiger partial charge in [-0.15, -0.1) is 23.2 Å². The predicted octanol–water partition coefficient (Wildman–Crippen LogP) is 3.19. The molecule has 0 aromatic carbocycles. The molecule has 11 heavy (non-hydrogen) atoms. The maximum Gasteiger partial charge on any atom is 0.0439 e. The molecule has 0 aliphatic heterocycles. The Hall–Kier alpha value is 0.320. The number of fused-ring (bicyclic) bond motifs is 2. The average Bonchev–Trinajstić information content (AvgIpc) is 2.60. The summed E-state index contributed by atoms with van der Waals surface area (Å²) >= 11 is 11.8. The van der Waals surface area contributed by atoms with Crippen LogP contribution in [-0.4, -0.2) is 11.8 Å². The van der Waals surface area contributed by atoms with E-state index in [1.54, 1.807) is 0 Å². The molecule has 0 aromatic rings. The van der Waals surface area contributed by atoms with Crippen LogP contribution < -0.4 is 0 Å². The molecule has 2 rings (SSSR count). The fourth-order valence-electron chi connectivity index (χ4n) is 2.46. The minimum absolute atomic E-state index is 0.313. The molecule has 0 nitrogen and oxygen atoms in total. The Labute approximate surface area is 77.6 Å². The summed E-state index contributed by atoms with van der Waals surface area (Å²) in [6.45, 7) is 0. The molecule has 2 bridgehead atoms. The Bertz CT molecular complexity index is 198. The molecule has 0 spiro atoms. The van der Waals surface area contributed by atoms with E-state index in [1.807, 2.05) is 0 Å². The van der Waals surface area contributed by atoms with Crippen molar-refractivity contribution in [1.29, 1.82) is 0 Å². The molecular formula is C9H12Cl2. The van der Waals surface area contributed by atoms with E-state index in [1.165, 1.54) is 24.8 Å². The molecule has 0 heterocycles. The minimum atomic E-state index is 0.313. The lowest BCUT2D eigenvalue weighted by Crippen LogP contribution is -2.20. The third kappa shape index (κ3) is 1.03. The minimum Gasteiger partial charge on any atom is -0.126 e. The fourth-order valence-corrected chi connectivity index (χ4v) is 3.24. The summed E-state index contributed by atoms with van der Waals surface area (Å²) in [5, 5.41) is 0. The first-order valence-electron chi connectivity index (χ1n) is 4.14. The van der Waals surface area contributed by atoms with Gasteiger partial charge in [0.1, 0.15) is 0 Å². The van der Waals surface area contributed by atoms with Gasteiger partial charge in [0.25, 0.3) is 0 Å². The van der Waals surface area contributed by atoms with Gasteiger partial charge in [-0.25, -0.2) is 0 Å². The van der Waals surface area contributed by atoms with Gasteiger partial charge in [0, 0.05) is 17.2 Å². The van der Waals surface area contributed by atoms with Gasteiger partial charge in [0.2, 0.25) is 0 Å². The maximum atomic E-state index is 5.97. The third-order valence-corrected chi connectivity index (χ3v) is 3.96. The highest BCUT2D eigenvalue weighted by Crippen LogP contribution is 2.54. The molecule has 2 aliphatic rings. The van der Waals surface area contributed by atoms with E-state index in [0.717, 1.165) is 11.8 Å². The number of alkyl halides is 2. The summed E-state index contributed by atoms with van der Waals surface area (Å²) in [5.41, 5.74) is 1.72. The van der Waals surface area contributed by atoms with Gasteiger partial charge in [0.15, 0.2) is 0 Å². The van der Waals surface area contributed by atoms with Crippen molar-refractivity contribution in [3.63, 3.8) is 0 Å². The van der Waals surface area contributed by atoms with Gasteiger partial charge < -0.3 is 0 Å². The molecule has 0 aromatic heterocycles. The normalized spacial score (nSPS) is 41.3. The van der Waals surface area contributed by atoms with Crippen molar-refractivity contribution in [2.45, 2.75) is 19.3 Å². The topological polar surface area (TPSA) is 0 Å². The zero-order valence-corrected chi connectivity index (χ0v) is 7.96. The largest absolute Gasteiger partial charge is 0.126 e. The van der Waals surface area contributed by atoms with Crippen molar-refractivity contribution in [2.75, 3.05) is 11.8 Å². The van der Waals surface area contributed by atoms with Crippen LogP contribution in [0.15, 0.2) is 11.6 Å². The van der Waals surface area contributed by atoms with Crippen LogP contribution in [0.25, 0.3) is 0 Å². The second kappa shape index (κ2) is 2.67. The Morgan fingerprint density at radius 2 is 2.36 bits per heavy atom. The summed E-state index contributed by atoms with van der Waals surface area (Å²) < 4.78 is 0. The van der Waals surface area contributed by atoms with Crippen LogP contribution in [0, 0.1) is 11.3 Å². The van der Waals surface area contributed by atoms with Gasteiger partial charge in [-0.3, -0.25) is 0 Å². The first kappa shape index (κ1) is 7.94. The number of rotatable bonds is 2. The summed E-state index contributed by atoms with van der Waals surface area (Å²) in [5.74, 6) is 2.24. The number of allylic oxidation sites excluding steroid dienone is 2. The highest BCUT2D eigenvalue weighted by molar-refractivity contribution is 6.20. The van der Waals surface area contributed by atoms with E-state index in [9.17, 15) is 0 Å². The van der Waals surface area contributed by atoms with Crippen LogP contribution in [0.3, 0.4) is 0 Å². The Morgan fingerprint density at radius 3 is 2.82 bits per heavy atom. The SMILES string of the molecule is ClCC1=CC2CCC1(CCl)C2. The van der Waals surface area contributed by atoms with Gasteiger partial charge in [-0.05, 0) is 25.2 Å². The van der Waals surface area contributed by atoms with Crippen molar-refractivity contribution in [2.24, 2.45) is 11.3 Å². The highest BCUT2D eigenvalue weighted by atomic mass is 35.5. The average molecular weight is 191 g/mol. The first-order valence-corrected chi connectivity index (χ1v) is 5.21. The molecule has 2 atom stereocenters. The second-order valence-corrected chi connectivity index (χ2v) is 4.28. The van der Waals surface area contributed by atoms with Crippen molar-refractivity contribution >= 4 is 23.2 Å². The number of halogens is 2. The highest BCUT2D eigenvalue weighted by Gasteiger charge is 2.45. The van der Waals surface area contributed by atoms with Crippen molar-refractivity contribution in [1.82, 2.24) is 0 Å². The van der Waals surface area contributed by atoms with Crippen LogP contribution in [0.5, 0.6) is 0 Å². The number of hydrogen-bond acceptors (Lipinski definition) is 0. The molecule has 2 aliphatic carbocycles. The summed E-state index contributed by atoms with van der Waals surface area (Å²) in [4.78, 5) is 0. The zero-order chi connectivity index (χ0) is 7.90. The van der Waals surface area contributed by atoms with Crippen molar-refractivity contribution in [3.05, 3.63) is 11.6 Å². The molecule has 2 heteroatoms. The molecule has 1 fully saturated rings. The third-order valence-electron chi connectivity index (χ3n) is 3.16. The van der Waals surface area contributed by atoms with Crippen molar-refractivity contribution < 1.29 is 0 Å². The second-order valence-electron chi connectivity index (χ2n) is 3.74. The predicted molar refractivity (Wildman–Crippen MR) is 49.3 cm³/mol. The molecule has 2 unspecified atom stereocenters. The quantitative estimate of drug-likeness (QED) is 0.464. The summed E-state index contributed by atoms with van der Waals surface area (Å²) in [7, 11) is 0. The van der Waals surface area contributed by atoms with Crippen LogP contribution >= 0.6 is 23.2 Å². The Kier molecular flexibility index (Phi) is 1.93. The summed E-state index contributed by atoms with van der Waals surface area (Å²) in [6.07, 6.45) is 6.20. The molecule has 0 radical (unpaired) electrons. The summed E-state index contributed by atoms with van der Waals surface area (Å²) in [6, 6.07) is 0. The molecule has 62 valence electrons. The molecule has 0 saturated heterocycles. The van der Waals surface area contributed by atoms with Gasteiger partial charge in [-0.2, -0.15) is 0 Å². The Morgan fingerprint density at radius 1 is 1.55 bits per heavy atom. The van der Waals surface area contributed by atoms with E-state index in [0.29, 0.717) is 11.3 Å². The molecule has 0 N–H and O–H groups in total. The molecular weight excluding hydrogens is 179 g/mol. The monoisotopic (exact) mass is 190 g/mol. The van der Waals surface area contributed by atoms with Crippen LogP contribution in [-0.2, 0) is 0 Å². The van der Waals surface area contributed by atoms with Crippen LogP contribution in [0.2, 0.25) is 0 Å². The van der Waals surface area contributed by atoms with E-state index in [4.69, 9.17) is 23.2 Å². The van der Waals surface area contributed by atoms with Crippen LogP contribution in [0.4, 0.5) is 0 Å². The lowest BCUT2D eigenvalue weighted by Gasteiger charge is -2.26. The smallest absolute Gasteiger partial charge is 0.0439 e. The first-order chi connectivity index (χ1) is 5.30. The van der Waals surface area contributed by atoms with E-state index < -0.39 is 0 Å². The van der Waals surface area contributed by atoms with Gasteiger partial charge >= 0.3 is 0 Å². The zero-order valence-electron chi connectivity index (χ0n) is 6.45. The maximum absolute atomic E-state index is 5.97.